The molecule has 0 saturated carbocycles. The fourth-order valence-corrected chi connectivity index (χ4v) is 5.11. The molecule has 0 radical (unpaired) electrons. The van der Waals surface area contributed by atoms with Gasteiger partial charge in [0.05, 0.1) is 0 Å². The number of anilines is 1. The summed E-state index contributed by atoms with van der Waals surface area (Å²) in [6.45, 7) is 3.25. The normalized spacial score (nSPS) is 24.5. The maximum Gasteiger partial charge on any atom is 0.170 e. The summed E-state index contributed by atoms with van der Waals surface area (Å²) < 4.78 is 0. The van der Waals surface area contributed by atoms with E-state index < -0.39 is 0 Å². The molecule has 2 aromatic rings. The van der Waals surface area contributed by atoms with Gasteiger partial charge in [0.15, 0.2) is 5.11 Å². The first-order valence-corrected chi connectivity index (χ1v) is 11.1. The average molecular weight is 394 g/mol. The molecular formula is C24H31N3S. The highest BCUT2D eigenvalue weighted by Gasteiger charge is 2.38. The van der Waals surface area contributed by atoms with Crippen molar-refractivity contribution in [1.29, 1.82) is 0 Å². The van der Waals surface area contributed by atoms with E-state index in [1.807, 2.05) is 0 Å². The fourth-order valence-electron chi connectivity index (χ4n) is 4.83. The van der Waals surface area contributed by atoms with Gasteiger partial charge in [0.2, 0.25) is 0 Å². The molecule has 2 aromatic carbocycles. The summed E-state index contributed by atoms with van der Waals surface area (Å²) >= 11 is 5.61. The van der Waals surface area contributed by atoms with Gasteiger partial charge in [-0.2, -0.15) is 0 Å². The van der Waals surface area contributed by atoms with Crippen molar-refractivity contribution in [3.05, 3.63) is 65.7 Å². The van der Waals surface area contributed by atoms with Gasteiger partial charge < -0.3 is 10.6 Å². The molecular weight excluding hydrogens is 362 g/mol. The SMILES string of the molecule is CCc1ccc(NC(=S)NC2C[C@H]3CCC[C@@H](C2)N3Cc2ccccc2)cc1. The third kappa shape index (κ3) is 4.73. The molecule has 3 atom stereocenters. The van der Waals surface area contributed by atoms with Crippen LogP contribution in [0, 0.1) is 0 Å². The van der Waals surface area contributed by atoms with Gasteiger partial charge in [-0.1, -0.05) is 55.8 Å². The summed E-state index contributed by atoms with van der Waals surface area (Å²) in [5.41, 5.74) is 3.85. The van der Waals surface area contributed by atoms with Crippen LogP contribution in [0.5, 0.6) is 0 Å². The molecule has 148 valence electrons. The van der Waals surface area contributed by atoms with Gasteiger partial charge in [-0.3, -0.25) is 4.90 Å². The maximum absolute atomic E-state index is 5.61. The highest BCUT2D eigenvalue weighted by atomic mass is 32.1. The maximum atomic E-state index is 5.61. The summed E-state index contributed by atoms with van der Waals surface area (Å²) in [7, 11) is 0. The zero-order chi connectivity index (χ0) is 19.3. The Hall–Kier alpha value is -1.91. The third-order valence-electron chi connectivity index (χ3n) is 6.29. The van der Waals surface area contributed by atoms with E-state index in [4.69, 9.17) is 12.2 Å². The number of thiocarbonyl (C=S) groups is 1. The Morgan fingerprint density at radius 2 is 1.64 bits per heavy atom. The molecule has 2 heterocycles. The zero-order valence-corrected chi connectivity index (χ0v) is 17.5. The molecule has 1 unspecified atom stereocenters. The second-order valence-electron chi connectivity index (χ2n) is 8.21. The molecule has 28 heavy (non-hydrogen) atoms. The minimum absolute atomic E-state index is 0.470. The van der Waals surface area contributed by atoms with E-state index in [0.29, 0.717) is 18.1 Å². The minimum Gasteiger partial charge on any atom is -0.360 e. The second kappa shape index (κ2) is 9.06. The van der Waals surface area contributed by atoms with Crippen molar-refractivity contribution in [3.8, 4) is 0 Å². The topological polar surface area (TPSA) is 27.3 Å². The Bertz CT molecular complexity index is 760. The van der Waals surface area contributed by atoms with Gasteiger partial charge in [-0.15, -0.1) is 0 Å². The first kappa shape index (κ1) is 19.4. The van der Waals surface area contributed by atoms with Crippen LogP contribution in [0.4, 0.5) is 5.69 Å². The lowest BCUT2D eigenvalue weighted by atomic mass is 9.81. The molecule has 2 aliphatic rings. The lowest BCUT2D eigenvalue weighted by molar-refractivity contribution is 0.0212. The van der Waals surface area contributed by atoms with Crippen LogP contribution in [-0.2, 0) is 13.0 Å². The van der Waals surface area contributed by atoms with Crippen molar-refractivity contribution in [2.24, 2.45) is 0 Å². The third-order valence-corrected chi connectivity index (χ3v) is 6.51. The molecule has 2 aliphatic heterocycles. The summed E-state index contributed by atoms with van der Waals surface area (Å²) in [4.78, 5) is 2.75. The average Bonchev–Trinajstić information content (AvgIpc) is 2.70. The van der Waals surface area contributed by atoms with E-state index in [1.165, 1.54) is 43.2 Å². The molecule has 2 bridgehead atoms. The number of piperidine rings is 2. The van der Waals surface area contributed by atoms with Crippen LogP contribution in [0.25, 0.3) is 0 Å². The monoisotopic (exact) mass is 393 g/mol. The summed E-state index contributed by atoms with van der Waals surface area (Å²) in [6, 6.07) is 21.3. The van der Waals surface area contributed by atoms with E-state index in [2.05, 4.69) is 77.1 Å². The Morgan fingerprint density at radius 1 is 0.964 bits per heavy atom. The molecule has 0 aliphatic carbocycles. The highest BCUT2D eigenvalue weighted by molar-refractivity contribution is 7.80. The van der Waals surface area contributed by atoms with Gasteiger partial charge in [0.1, 0.15) is 0 Å². The van der Waals surface area contributed by atoms with E-state index in [9.17, 15) is 0 Å². The molecule has 3 nitrogen and oxygen atoms in total. The molecule has 2 N–H and O–H groups in total. The Balaban J connectivity index is 1.33. The van der Waals surface area contributed by atoms with Gasteiger partial charge in [-0.25, -0.2) is 0 Å². The largest absolute Gasteiger partial charge is 0.360 e. The number of nitrogens with zero attached hydrogens (tertiary/aromatic N) is 1. The van der Waals surface area contributed by atoms with Crippen molar-refractivity contribution in [3.63, 3.8) is 0 Å². The highest BCUT2D eigenvalue weighted by Crippen LogP contribution is 2.35. The van der Waals surface area contributed by atoms with Crippen molar-refractivity contribution >= 4 is 23.0 Å². The van der Waals surface area contributed by atoms with Crippen LogP contribution in [0.1, 0.15) is 50.2 Å². The lowest BCUT2D eigenvalue weighted by Crippen LogP contribution is -2.56. The van der Waals surface area contributed by atoms with E-state index >= 15 is 0 Å². The van der Waals surface area contributed by atoms with Crippen LogP contribution in [0.2, 0.25) is 0 Å². The summed E-state index contributed by atoms with van der Waals surface area (Å²) in [6.07, 6.45) is 7.40. The first-order chi connectivity index (χ1) is 13.7. The quantitative estimate of drug-likeness (QED) is 0.690. The summed E-state index contributed by atoms with van der Waals surface area (Å²) in [5.74, 6) is 0. The molecule has 0 aromatic heterocycles. The number of hydrogen-bond donors (Lipinski definition) is 2. The van der Waals surface area contributed by atoms with Crippen LogP contribution in [-0.4, -0.2) is 28.1 Å². The molecule has 0 amide bonds. The Morgan fingerprint density at radius 3 is 2.29 bits per heavy atom. The van der Waals surface area contributed by atoms with E-state index in [0.717, 1.165) is 23.8 Å². The second-order valence-corrected chi connectivity index (χ2v) is 8.62. The Kier molecular flexibility index (Phi) is 6.28. The zero-order valence-electron chi connectivity index (χ0n) is 16.7. The standard InChI is InChI=1S/C24H31N3S/c1-2-18-11-13-20(14-12-18)25-24(28)26-21-15-22-9-6-10-23(16-21)27(22)17-19-7-4-3-5-8-19/h3-5,7-8,11-14,21-23H,2,6,9-10,15-17H2,1H3,(H2,25,26,28)/t21?,22-,23+. The molecule has 0 spiro atoms. The van der Waals surface area contributed by atoms with Gasteiger partial charge in [0, 0.05) is 30.4 Å². The van der Waals surface area contributed by atoms with Crippen molar-refractivity contribution in [2.45, 2.75) is 70.1 Å². The summed E-state index contributed by atoms with van der Waals surface area (Å²) in [5, 5.41) is 7.72. The fraction of sp³-hybridized carbons (Fsp3) is 0.458. The van der Waals surface area contributed by atoms with Gasteiger partial charge in [-0.05, 0) is 67.6 Å². The first-order valence-electron chi connectivity index (χ1n) is 10.7. The molecule has 2 fully saturated rings. The van der Waals surface area contributed by atoms with Crippen molar-refractivity contribution in [2.75, 3.05) is 5.32 Å². The molecule has 4 heteroatoms. The smallest absolute Gasteiger partial charge is 0.170 e. The number of fused-ring (bicyclic) bond motifs is 2. The van der Waals surface area contributed by atoms with Crippen LogP contribution in [0.15, 0.2) is 54.6 Å². The van der Waals surface area contributed by atoms with Crippen LogP contribution in [0.3, 0.4) is 0 Å². The predicted molar refractivity (Wildman–Crippen MR) is 122 cm³/mol. The van der Waals surface area contributed by atoms with Crippen molar-refractivity contribution < 1.29 is 0 Å². The van der Waals surface area contributed by atoms with E-state index in [-0.39, 0.29) is 0 Å². The lowest BCUT2D eigenvalue weighted by Gasteiger charge is -2.49. The van der Waals surface area contributed by atoms with Crippen molar-refractivity contribution in [1.82, 2.24) is 10.2 Å². The number of rotatable bonds is 5. The number of benzene rings is 2. The number of hydrogen-bond acceptors (Lipinski definition) is 2. The number of aryl methyl sites for hydroxylation is 1. The number of nitrogens with one attached hydrogen (secondary N) is 2. The van der Waals surface area contributed by atoms with Crippen LogP contribution < -0.4 is 10.6 Å². The molecule has 2 saturated heterocycles. The van der Waals surface area contributed by atoms with Crippen LogP contribution >= 0.6 is 12.2 Å². The predicted octanol–water partition coefficient (Wildman–Crippen LogP) is 5.12. The van der Waals surface area contributed by atoms with E-state index in [1.54, 1.807) is 0 Å². The van der Waals surface area contributed by atoms with Gasteiger partial charge >= 0.3 is 0 Å². The molecule has 4 rings (SSSR count). The minimum atomic E-state index is 0.470. The van der Waals surface area contributed by atoms with Gasteiger partial charge in [0.25, 0.3) is 0 Å². The Labute approximate surface area is 174 Å².